The zero-order valence-corrected chi connectivity index (χ0v) is 10.8. The molecular weight excluding hydrogens is 226 g/mol. The van der Waals surface area contributed by atoms with Crippen molar-refractivity contribution in [2.75, 3.05) is 7.11 Å². The van der Waals surface area contributed by atoms with E-state index in [4.69, 9.17) is 9.15 Å². The minimum atomic E-state index is 0.406. The van der Waals surface area contributed by atoms with Crippen molar-refractivity contribution in [3.63, 3.8) is 0 Å². The Balaban J connectivity index is 1.80. The van der Waals surface area contributed by atoms with Gasteiger partial charge in [-0.3, -0.25) is 0 Å². The quantitative estimate of drug-likeness (QED) is 0.849. The minimum Gasteiger partial charge on any atom is -0.497 e. The van der Waals surface area contributed by atoms with Crippen molar-refractivity contribution >= 4 is 0 Å². The van der Waals surface area contributed by atoms with Crippen LogP contribution in [0.4, 0.5) is 0 Å². The van der Waals surface area contributed by atoms with Crippen LogP contribution in [-0.4, -0.2) is 13.2 Å². The van der Waals surface area contributed by atoms with Gasteiger partial charge in [0.2, 0.25) is 0 Å². The molecule has 0 bridgehead atoms. The normalized spacial score (nSPS) is 12.3. The molecule has 0 aliphatic rings. The van der Waals surface area contributed by atoms with Crippen molar-refractivity contribution in [1.82, 2.24) is 5.32 Å². The highest BCUT2D eigenvalue weighted by Gasteiger charge is 2.04. The van der Waals surface area contributed by atoms with Crippen molar-refractivity contribution in [1.29, 1.82) is 0 Å². The molecular formula is C15H19NO2. The summed E-state index contributed by atoms with van der Waals surface area (Å²) in [6.45, 7) is 2.94. The van der Waals surface area contributed by atoms with E-state index >= 15 is 0 Å². The molecule has 0 aliphatic heterocycles. The van der Waals surface area contributed by atoms with E-state index in [-0.39, 0.29) is 0 Å². The highest BCUT2D eigenvalue weighted by molar-refractivity contribution is 5.27. The number of hydrogen-bond donors (Lipinski definition) is 1. The summed E-state index contributed by atoms with van der Waals surface area (Å²) < 4.78 is 10.4. The zero-order chi connectivity index (χ0) is 12.8. The van der Waals surface area contributed by atoms with Gasteiger partial charge in [0, 0.05) is 6.04 Å². The number of furan rings is 1. The molecule has 2 aromatic rings. The molecule has 18 heavy (non-hydrogen) atoms. The van der Waals surface area contributed by atoms with Crippen LogP contribution < -0.4 is 10.1 Å². The number of methoxy groups -OCH3 is 1. The maximum Gasteiger partial charge on any atom is 0.118 e. The molecule has 0 amide bonds. The smallest absolute Gasteiger partial charge is 0.118 e. The Morgan fingerprint density at radius 3 is 2.61 bits per heavy atom. The van der Waals surface area contributed by atoms with Crippen LogP contribution in [0.1, 0.15) is 18.2 Å². The molecule has 1 aromatic heterocycles. The van der Waals surface area contributed by atoms with Crippen LogP contribution in [0.3, 0.4) is 0 Å². The first kappa shape index (κ1) is 12.7. The minimum absolute atomic E-state index is 0.406. The maximum atomic E-state index is 5.29. The number of benzene rings is 1. The molecule has 1 atom stereocenters. The Hall–Kier alpha value is -1.74. The highest BCUT2D eigenvalue weighted by atomic mass is 16.5. The first-order chi connectivity index (χ1) is 8.78. The van der Waals surface area contributed by atoms with Gasteiger partial charge in [-0.1, -0.05) is 12.1 Å². The molecule has 1 heterocycles. The summed E-state index contributed by atoms with van der Waals surface area (Å²) in [5.41, 5.74) is 1.30. The molecule has 0 unspecified atom stereocenters. The SMILES string of the molecule is COc1ccc(C[C@@H](C)NCc2ccco2)cc1. The molecule has 1 aromatic carbocycles. The van der Waals surface area contributed by atoms with Gasteiger partial charge in [0.25, 0.3) is 0 Å². The molecule has 0 saturated carbocycles. The van der Waals surface area contributed by atoms with Crippen molar-refractivity contribution < 1.29 is 9.15 Å². The predicted molar refractivity (Wildman–Crippen MR) is 71.7 cm³/mol. The third-order valence-corrected chi connectivity index (χ3v) is 2.91. The zero-order valence-electron chi connectivity index (χ0n) is 10.8. The topological polar surface area (TPSA) is 34.4 Å². The Labute approximate surface area is 108 Å². The lowest BCUT2D eigenvalue weighted by molar-refractivity contribution is 0.414. The summed E-state index contributed by atoms with van der Waals surface area (Å²) in [6.07, 6.45) is 2.69. The fourth-order valence-electron chi connectivity index (χ4n) is 1.88. The van der Waals surface area contributed by atoms with E-state index in [9.17, 15) is 0 Å². The Morgan fingerprint density at radius 2 is 2.00 bits per heavy atom. The van der Waals surface area contributed by atoms with E-state index in [2.05, 4.69) is 24.4 Å². The summed E-state index contributed by atoms with van der Waals surface area (Å²) in [6, 6.07) is 12.5. The van der Waals surface area contributed by atoms with Crippen LogP contribution in [0.15, 0.2) is 47.1 Å². The van der Waals surface area contributed by atoms with Crippen LogP contribution in [0.25, 0.3) is 0 Å². The molecule has 2 rings (SSSR count). The van der Waals surface area contributed by atoms with Gasteiger partial charge in [-0.2, -0.15) is 0 Å². The number of hydrogen-bond acceptors (Lipinski definition) is 3. The molecule has 0 saturated heterocycles. The van der Waals surface area contributed by atoms with Crippen LogP contribution in [0, 0.1) is 0 Å². The monoisotopic (exact) mass is 245 g/mol. The lowest BCUT2D eigenvalue weighted by atomic mass is 10.1. The summed E-state index contributed by atoms with van der Waals surface area (Å²) in [7, 11) is 1.68. The van der Waals surface area contributed by atoms with Gasteiger partial charge >= 0.3 is 0 Å². The predicted octanol–water partition coefficient (Wildman–Crippen LogP) is 3.01. The average Bonchev–Trinajstić information content (AvgIpc) is 2.90. The number of rotatable bonds is 6. The number of nitrogens with one attached hydrogen (secondary N) is 1. The van der Waals surface area contributed by atoms with Gasteiger partial charge < -0.3 is 14.5 Å². The molecule has 0 radical (unpaired) electrons. The largest absolute Gasteiger partial charge is 0.497 e. The van der Waals surface area contributed by atoms with Gasteiger partial charge in [0.15, 0.2) is 0 Å². The van der Waals surface area contributed by atoms with E-state index in [1.54, 1.807) is 13.4 Å². The molecule has 0 spiro atoms. The van der Waals surface area contributed by atoms with E-state index in [0.29, 0.717) is 6.04 Å². The first-order valence-electron chi connectivity index (χ1n) is 6.16. The Kier molecular flexibility index (Phi) is 4.42. The second kappa shape index (κ2) is 6.26. The van der Waals surface area contributed by atoms with Crippen LogP contribution in [0.5, 0.6) is 5.75 Å². The lowest BCUT2D eigenvalue weighted by Gasteiger charge is -2.13. The van der Waals surface area contributed by atoms with Crippen molar-refractivity contribution in [2.45, 2.75) is 25.9 Å². The fourth-order valence-corrected chi connectivity index (χ4v) is 1.88. The summed E-state index contributed by atoms with van der Waals surface area (Å²) in [5, 5.41) is 3.44. The third kappa shape index (κ3) is 3.64. The molecule has 1 N–H and O–H groups in total. The molecule has 3 nitrogen and oxygen atoms in total. The fraction of sp³-hybridized carbons (Fsp3) is 0.333. The summed E-state index contributed by atoms with van der Waals surface area (Å²) in [5.74, 6) is 1.87. The molecule has 0 fully saturated rings. The first-order valence-corrected chi connectivity index (χ1v) is 6.16. The molecule has 0 aliphatic carbocycles. The van der Waals surface area contributed by atoms with E-state index in [1.807, 2.05) is 24.3 Å². The Morgan fingerprint density at radius 1 is 1.22 bits per heavy atom. The van der Waals surface area contributed by atoms with Crippen LogP contribution >= 0.6 is 0 Å². The van der Waals surface area contributed by atoms with Crippen LogP contribution in [-0.2, 0) is 13.0 Å². The van der Waals surface area contributed by atoms with Crippen molar-refractivity contribution in [3.05, 3.63) is 54.0 Å². The van der Waals surface area contributed by atoms with Gasteiger partial charge in [-0.15, -0.1) is 0 Å². The van der Waals surface area contributed by atoms with Gasteiger partial charge in [-0.05, 0) is 43.2 Å². The maximum absolute atomic E-state index is 5.29. The lowest BCUT2D eigenvalue weighted by Crippen LogP contribution is -2.27. The molecule has 3 heteroatoms. The average molecular weight is 245 g/mol. The van der Waals surface area contributed by atoms with Crippen molar-refractivity contribution in [3.8, 4) is 5.75 Å². The van der Waals surface area contributed by atoms with Crippen molar-refractivity contribution in [2.24, 2.45) is 0 Å². The third-order valence-electron chi connectivity index (χ3n) is 2.91. The van der Waals surface area contributed by atoms with Gasteiger partial charge in [0.05, 0.1) is 19.9 Å². The summed E-state index contributed by atoms with van der Waals surface area (Å²) >= 11 is 0. The van der Waals surface area contributed by atoms with E-state index < -0.39 is 0 Å². The highest BCUT2D eigenvalue weighted by Crippen LogP contribution is 2.12. The second-order valence-corrected chi connectivity index (χ2v) is 4.41. The summed E-state index contributed by atoms with van der Waals surface area (Å²) in [4.78, 5) is 0. The van der Waals surface area contributed by atoms with Gasteiger partial charge in [0.1, 0.15) is 11.5 Å². The second-order valence-electron chi connectivity index (χ2n) is 4.41. The Bertz CT molecular complexity index is 448. The number of ether oxygens (including phenoxy) is 1. The van der Waals surface area contributed by atoms with E-state index in [0.717, 1.165) is 24.5 Å². The van der Waals surface area contributed by atoms with Crippen LogP contribution in [0.2, 0.25) is 0 Å². The van der Waals surface area contributed by atoms with Gasteiger partial charge in [-0.25, -0.2) is 0 Å². The van der Waals surface area contributed by atoms with E-state index in [1.165, 1.54) is 5.56 Å². The molecule has 96 valence electrons. The standard InChI is InChI=1S/C15H19NO2/c1-12(16-11-15-4-3-9-18-15)10-13-5-7-14(17-2)8-6-13/h3-9,12,16H,10-11H2,1-2H3/t12-/m1/s1.